The Labute approximate surface area is 165 Å². The number of hydrogen-bond donors (Lipinski definition) is 5. The van der Waals surface area contributed by atoms with E-state index < -0.39 is 23.6 Å². The third-order valence-electron chi connectivity index (χ3n) is 3.76. The van der Waals surface area contributed by atoms with Gasteiger partial charge in [0.25, 0.3) is 5.91 Å². The summed E-state index contributed by atoms with van der Waals surface area (Å²) < 4.78 is 0. The molecule has 1 aromatic carbocycles. The van der Waals surface area contributed by atoms with Crippen molar-refractivity contribution in [1.29, 1.82) is 5.41 Å². The molecule has 144 valence electrons. The van der Waals surface area contributed by atoms with E-state index >= 15 is 0 Å². The van der Waals surface area contributed by atoms with Crippen LogP contribution in [-0.4, -0.2) is 35.4 Å². The van der Waals surface area contributed by atoms with Gasteiger partial charge in [0.15, 0.2) is 11.5 Å². The monoisotopic (exact) mass is 411 g/mol. The number of nitrogens with zero attached hydrogens (tertiary/aromatic N) is 2. The van der Waals surface area contributed by atoms with Crippen LogP contribution in [0.1, 0.15) is 19.3 Å². The van der Waals surface area contributed by atoms with Gasteiger partial charge >= 0.3 is 0 Å². The molecule has 0 heterocycles. The number of carbonyl (C=O) groups excluding carboxylic acids is 2. The van der Waals surface area contributed by atoms with Crippen molar-refractivity contribution in [3.05, 3.63) is 28.2 Å². The predicted molar refractivity (Wildman–Crippen MR) is 106 cm³/mol. The molecule has 1 fully saturated rings. The number of nitrogens with two attached hydrogens (primary N) is 3. The number of anilines is 1. The van der Waals surface area contributed by atoms with E-state index in [4.69, 9.17) is 45.8 Å². The molecular formula is C16H19Cl2N7O2. The van der Waals surface area contributed by atoms with E-state index in [1.54, 1.807) is 6.07 Å². The maximum atomic E-state index is 11.5. The highest BCUT2D eigenvalue weighted by atomic mass is 35.5. The fourth-order valence-corrected chi connectivity index (χ4v) is 2.48. The highest BCUT2D eigenvalue weighted by Crippen LogP contribution is 2.34. The summed E-state index contributed by atoms with van der Waals surface area (Å²) in [6, 6.07) is 3.73. The highest BCUT2D eigenvalue weighted by molar-refractivity contribution is 6.67. The highest BCUT2D eigenvalue weighted by Gasteiger charge is 2.28. The number of amidine groups is 1. The minimum Gasteiger partial charge on any atom is -0.368 e. The minimum atomic E-state index is -1.03. The van der Waals surface area contributed by atoms with Crippen molar-refractivity contribution in [2.24, 2.45) is 33.1 Å². The van der Waals surface area contributed by atoms with Crippen LogP contribution in [0.15, 0.2) is 28.2 Å². The molecule has 1 aliphatic carbocycles. The second-order valence-electron chi connectivity index (χ2n) is 6.04. The molecule has 0 aliphatic heterocycles. The molecule has 0 radical (unpaired) electrons. The van der Waals surface area contributed by atoms with Gasteiger partial charge in [-0.3, -0.25) is 15.0 Å². The van der Waals surface area contributed by atoms with Crippen LogP contribution < -0.4 is 22.5 Å². The van der Waals surface area contributed by atoms with E-state index in [9.17, 15) is 9.59 Å². The zero-order valence-corrected chi connectivity index (χ0v) is 15.7. The van der Waals surface area contributed by atoms with E-state index in [0.717, 1.165) is 12.8 Å². The van der Waals surface area contributed by atoms with Gasteiger partial charge in [-0.15, -0.1) is 0 Å². The fraction of sp³-hybridized carbons (Fsp3) is 0.312. The summed E-state index contributed by atoms with van der Waals surface area (Å²) in [6.45, 7) is 0. The molecule has 11 heteroatoms. The lowest BCUT2D eigenvalue weighted by atomic mass is 10.1. The SMILES string of the molecule is N=C(C(N)=O)C(=NC(N)=N[C@H](CC1CC1)C(N)=O)Nc1ccc(Cl)c(Cl)c1. The third-order valence-corrected chi connectivity index (χ3v) is 4.50. The first-order chi connectivity index (χ1) is 12.7. The van der Waals surface area contributed by atoms with Crippen LogP contribution in [0, 0.1) is 11.3 Å². The quantitative estimate of drug-likeness (QED) is 0.335. The normalized spacial score (nSPS) is 15.9. The maximum Gasteiger partial charge on any atom is 0.270 e. The fourth-order valence-electron chi connectivity index (χ4n) is 2.18. The molecule has 0 aromatic heterocycles. The number of rotatable bonds is 7. The van der Waals surface area contributed by atoms with Gasteiger partial charge in [-0.05, 0) is 30.5 Å². The van der Waals surface area contributed by atoms with Crippen LogP contribution in [0.4, 0.5) is 5.69 Å². The Kier molecular flexibility index (Phi) is 6.75. The van der Waals surface area contributed by atoms with Crippen molar-refractivity contribution in [3.8, 4) is 0 Å². The Morgan fingerprint density at radius 2 is 1.89 bits per heavy atom. The lowest BCUT2D eigenvalue weighted by Crippen LogP contribution is -2.36. The molecule has 1 atom stereocenters. The number of benzene rings is 1. The number of halogens is 2. The number of carbonyl (C=O) groups is 2. The Hall–Kier alpha value is -2.65. The van der Waals surface area contributed by atoms with Crippen LogP contribution in [0.3, 0.4) is 0 Å². The number of primary amides is 2. The van der Waals surface area contributed by atoms with E-state index in [1.807, 2.05) is 0 Å². The van der Waals surface area contributed by atoms with E-state index in [-0.39, 0.29) is 16.8 Å². The number of guanidine groups is 1. The topological polar surface area (TPSA) is 173 Å². The van der Waals surface area contributed by atoms with Gasteiger partial charge in [-0.1, -0.05) is 36.0 Å². The summed E-state index contributed by atoms with van der Waals surface area (Å²) in [5, 5.41) is 11.1. The molecule has 1 aromatic rings. The summed E-state index contributed by atoms with van der Waals surface area (Å²) in [6.07, 6.45) is 2.51. The smallest absolute Gasteiger partial charge is 0.270 e. The zero-order chi connectivity index (χ0) is 20.1. The summed E-state index contributed by atoms with van der Waals surface area (Å²) in [4.78, 5) is 30.9. The van der Waals surface area contributed by atoms with Crippen molar-refractivity contribution >= 4 is 58.2 Å². The molecule has 0 unspecified atom stereocenters. The molecule has 0 saturated heterocycles. The molecule has 2 amide bonds. The molecular weight excluding hydrogens is 393 g/mol. The first-order valence-corrected chi connectivity index (χ1v) is 8.75. The first-order valence-electron chi connectivity index (χ1n) is 7.99. The van der Waals surface area contributed by atoms with Crippen LogP contribution >= 0.6 is 23.2 Å². The minimum absolute atomic E-state index is 0.253. The second kappa shape index (κ2) is 8.83. The number of aliphatic imine (C=N–C) groups is 2. The van der Waals surface area contributed by atoms with Gasteiger partial charge in [0.2, 0.25) is 11.9 Å². The molecule has 2 rings (SSSR count). The van der Waals surface area contributed by atoms with Crippen molar-refractivity contribution in [1.82, 2.24) is 0 Å². The molecule has 0 spiro atoms. The standard InChI is InChI=1S/C16H19Cl2N7O2/c17-9-4-3-8(6-10(9)18)23-15(12(19)14(21)27)25-16(22)24-11(13(20)26)5-7-1-2-7/h3-4,6-7,11,19H,1-2,5H2,(H2,20,26)(H2,21,27)(H3,22,23,24,25)/t11-/m1/s1. The Bertz CT molecular complexity index is 834. The van der Waals surface area contributed by atoms with Gasteiger partial charge < -0.3 is 22.5 Å². The van der Waals surface area contributed by atoms with Crippen molar-refractivity contribution in [2.75, 3.05) is 5.32 Å². The van der Waals surface area contributed by atoms with Crippen molar-refractivity contribution in [3.63, 3.8) is 0 Å². The molecule has 1 saturated carbocycles. The zero-order valence-electron chi connectivity index (χ0n) is 14.2. The summed E-state index contributed by atoms with van der Waals surface area (Å²) in [5.41, 5.74) is 16.0. The van der Waals surface area contributed by atoms with Crippen LogP contribution in [0.2, 0.25) is 10.0 Å². The summed E-state index contributed by atoms with van der Waals surface area (Å²) >= 11 is 11.8. The average molecular weight is 412 g/mol. The van der Waals surface area contributed by atoms with Gasteiger partial charge in [0, 0.05) is 5.69 Å². The third kappa shape index (κ3) is 6.22. The predicted octanol–water partition coefficient (Wildman–Crippen LogP) is 1.28. The number of hydrogen-bond acceptors (Lipinski definition) is 4. The Morgan fingerprint density at radius 1 is 1.22 bits per heavy atom. The van der Waals surface area contributed by atoms with E-state index in [0.29, 0.717) is 23.0 Å². The van der Waals surface area contributed by atoms with Crippen molar-refractivity contribution < 1.29 is 9.59 Å². The van der Waals surface area contributed by atoms with Gasteiger partial charge in [0.1, 0.15) is 6.04 Å². The van der Waals surface area contributed by atoms with Gasteiger partial charge in [-0.2, -0.15) is 4.99 Å². The lowest BCUT2D eigenvalue weighted by Gasteiger charge is -2.11. The van der Waals surface area contributed by atoms with Crippen molar-refractivity contribution in [2.45, 2.75) is 25.3 Å². The summed E-state index contributed by atoms with van der Waals surface area (Å²) in [5.74, 6) is -1.83. The van der Waals surface area contributed by atoms with E-state index in [2.05, 4.69) is 15.3 Å². The Balaban J connectivity index is 2.28. The number of amides is 2. The van der Waals surface area contributed by atoms with Crippen LogP contribution in [0.5, 0.6) is 0 Å². The van der Waals surface area contributed by atoms with E-state index in [1.165, 1.54) is 12.1 Å². The molecule has 1 aliphatic rings. The Morgan fingerprint density at radius 3 is 2.41 bits per heavy atom. The van der Waals surface area contributed by atoms with Crippen LogP contribution in [0.25, 0.3) is 0 Å². The molecule has 27 heavy (non-hydrogen) atoms. The van der Waals surface area contributed by atoms with Crippen LogP contribution in [-0.2, 0) is 9.59 Å². The molecule has 0 bridgehead atoms. The first kappa shape index (κ1) is 20.7. The average Bonchev–Trinajstić information content (AvgIpc) is 3.40. The summed E-state index contributed by atoms with van der Waals surface area (Å²) in [7, 11) is 0. The maximum absolute atomic E-state index is 11.5. The molecule has 8 N–H and O–H groups in total. The largest absolute Gasteiger partial charge is 0.368 e. The van der Waals surface area contributed by atoms with Gasteiger partial charge in [-0.25, -0.2) is 4.99 Å². The second-order valence-corrected chi connectivity index (χ2v) is 6.85. The number of nitrogens with one attached hydrogen (secondary N) is 2. The molecule has 9 nitrogen and oxygen atoms in total. The van der Waals surface area contributed by atoms with Gasteiger partial charge in [0.05, 0.1) is 10.0 Å². The lowest BCUT2D eigenvalue weighted by molar-refractivity contribution is -0.119.